The standard InChI is InChI=1S/C29H50N2O3/c1-5-9-11-16-20-28(21-17-12-10-6-2)34-29(32)33-25-24-31(23-22-30(7-3)8-4)26-27-18-14-13-15-19-27/h13-15,18-19,28H,1-2,5-12,16-17,20-26H2,3-4H3. The smallest absolute Gasteiger partial charge is 0.433 e. The predicted molar refractivity (Wildman–Crippen MR) is 143 cm³/mol. The zero-order valence-corrected chi connectivity index (χ0v) is 22.0. The molecular formula is C29H50N2O3. The van der Waals surface area contributed by atoms with Crippen LogP contribution in [0.25, 0.3) is 0 Å². The molecule has 0 fully saturated rings. The van der Waals surface area contributed by atoms with Crippen LogP contribution < -0.4 is 0 Å². The number of hydrogen-bond acceptors (Lipinski definition) is 5. The van der Waals surface area contributed by atoms with Crippen LogP contribution in [-0.2, 0) is 16.0 Å². The van der Waals surface area contributed by atoms with Crippen molar-refractivity contribution in [1.29, 1.82) is 0 Å². The molecule has 0 bridgehead atoms. The molecule has 1 rings (SSSR count). The minimum atomic E-state index is -0.525. The molecule has 0 saturated carbocycles. The van der Waals surface area contributed by atoms with Gasteiger partial charge < -0.3 is 14.4 Å². The average Bonchev–Trinajstić information content (AvgIpc) is 2.85. The number of hydrogen-bond donors (Lipinski definition) is 0. The highest BCUT2D eigenvalue weighted by Gasteiger charge is 2.16. The quantitative estimate of drug-likeness (QED) is 0.143. The van der Waals surface area contributed by atoms with Gasteiger partial charge in [0, 0.05) is 26.2 Å². The Morgan fingerprint density at radius 2 is 1.41 bits per heavy atom. The first-order chi connectivity index (χ1) is 16.6. The summed E-state index contributed by atoms with van der Waals surface area (Å²) < 4.78 is 11.2. The number of unbranched alkanes of at least 4 members (excludes halogenated alkanes) is 6. The lowest BCUT2D eigenvalue weighted by molar-refractivity contribution is 0.0113. The van der Waals surface area contributed by atoms with E-state index in [0.717, 1.165) is 96.9 Å². The van der Waals surface area contributed by atoms with E-state index in [1.54, 1.807) is 0 Å². The zero-order chi connectivity index (χ0) is 24.9. The van der Waals surface area contributed by atoms with Gasteiger partial charge in [0.25, 0.3) is 0 Å². The van der Waals surface area contributed by atoms with Crippen LogP contribution in [0.2, 0.25) is 0 Å². The first-order valence-electron chi connectivity index (χ1n) is 13.5. The van der Waals surface area contributed by atoms with Gasteiger partial charge in [0.2, 0.25) is 0 Å². The summed E-state index contributed by atoms with van der Waals surface area (Å²) in [6.45, 7) is 18.1. The van der Waals surface area contributed by atoms with Crippen molar-refractivity contribution in [3.8, 4) is 0 Å². The highest BCUT2D eigenvalue weighted by molar-refractivity contribution is 5.60. The van der Waals surface area contributed by atoms with E-state index in [9.17, 15) is 4.79 Å². The lowest BCUT2D eigenvalue weighted by atomic mass is 10.0. The molecule has 0 spiro atoms. The molecule has 0 aromatic heterocycles. The summed E-state index contributed by atoms with van der Waals surface area (Å²) in [5.41, 5.74) is 1.27. The molecule has 0 N–H and O–H groups in total. The number of carbonyl (C=O) groups is 1. The van der Waals surface area contributed by atoms with Crippen molar-refractivity contribution in [3.63, 3.8) is 0 Å². The third kappa shape index (κ3) is 15.3. The summed E-state index contributed by atoms with van der Waals surface area (Å²) in [7, 11) is 0. The van der Waals surface area contributed by atoms with Crippen molar-refractivity contribution in [2.45, 2.75) is 90.7 Å². The third-order valence-electron chi connectivity index (χ3n) is 6.32. The molecule has 0 heterocycles. The molecule has 2 radical (unpaired) electrons. The second kappa shape index (κ2) is 20.8. The van der Waals surface area contributed by atoms with Crippen LogP contribution in [0.15, 0.2) is 30.3 Å². The molecule has 5 nitrogen and oxygen atoms in total. The van der Waals surface area contributed by atoms with Gasteiger partial charge in [-0.15, -0.1) is 0 Å². The minimum absolute atomic E-state index is 0.0507. The van der Waals surface area contributed by atoms with Crippen LogP contribution in [0, 0.1) is 13.8 Å². The molecular weight excluding hydrogens is 424 g/mol. The molecule has 1 aromatic rings. The van der Waals surface area contributed by atoms with Crippen LogP contribution in [0.3, 0.4) is 0 Å². The molecule has 0 saturated heterocycles. The van der Waals surface area contributed by atoms with Gasteiger partial charge in [-0.25, -0.2) is 4.79 Å². The summed E-state index contributed by atoms with van der Waals surface area (Å²) in [4.78, 5) is 17.2. The van der Waals surface area contributed by atoms with Gasteiger partial charge in [-0.1, -0.05) is 96.6 Å². The molecule has 34 heavy (non-hydrogen) atoms. The van der Waals surface area contributed by atoms with Crippen LogP contribution in [0.5, 0.6) is 0 Å². The van der Waals surface area contributed by atoms with E-state index in [1.165, 1.54) is 5.56 Å². The van der Waals surface area contributed by atoms with Crippen molar-refractivity contribution >= 4 is 6.16 Å². The SMILES string of the molecule is [CH2]CCCCCC(CCCCC[CH2])OC(=O)OCCN(CCN(CC)CC)Cc1ccccc1. The van der Waals surface area contributed by atoms with Crippen molar-refractivity contribution in [3.05, 3.63) is 49.7 Å². The number of benzene rings is 1. The summed E-state index contributed by atoms with van der Waals surface area (Å²) in [5, 5.41) is 0. The van der Waals surface area contributed by atoms with Gasteiger partial charge in [0.15, 0.2) is 0 Å². The minimum Gasteiger partial charge on any atom is -0.433 e. The molecule has 0 aliphatic heterocycles. The molecule has 0 amide bonds. The van der Waals surface area contributed by atoms with Crippen LogP contribution in [-0.4, -0.2) is 61.4 Å². The Kier molecular flexibility index (Phi) is 18.6. The number of rotatable bonds is 21. The predicted octanol–water partition coefficient (Wildman–Crippen LogP) is 6.92. The van der Waals surface area contributed by atoms with E-state index >= 15 is 0 Å². The first kappa shape index (κ1) is 30.4. The normalized spacial score (nSPS) is 11.5. The van der Waals surface area contributed by atoms with Crippen LogP contribution >= 0.6 is 0 Å². The van der Waals surface area contributed by atoms with Gasteiger partial charge in [-0.2, -0.15) is 0 Å². The average molecular weight is 475 g/mol. The Hall–Kier alpha value is -1.59. The van der Waals surface area contributed by atoms with E-state index in [2.05, 4.69) is 61.8 Å². The van der Waals surface area contributed by atoms with E-state index in [-0.39, 0.29) is 6.10 Å². The Morgan fingerprint density at radius 1 is 0.824 bits per heavy atom. The lowest BCUT2D eigenvalue weighted by Crippen LogP contribution is -2.36. The van der Waals surface area contributed by atoms with Crippen molar-refractivity contribution in [1.82, 2.24) is 9.80 Å². The number of nitrogens with zero attached hydrogens (tertiary/aromatic N) is 2. The first-order valence-corrected chi connectivity index (χ1v) is 13.5. The van der Waals surface area contributed by atoms with Gasteiger partial charge in [0.1, 0.15) is 12.7 Å². The molecule has 194 valence electrons. The fourth-order valence-corrected chi connectivity index (χ4v) is 4.08. The highest BCUT2D eigenvalue weighted by Crippen LogP contribution is 2.16. The molecule has 0 aliphatic carbocycles. The molecule has 5 heteroatoms. The maximum Gasteiger partial charge on any atom is 0.508 e. The monoisotopic (exact) mass is 474 g/mol. The van der Waals surface area contributed by atoms with Crippen molar-refractivity contribution in [2.75, 3.05) is 39.3 Å². The molecule has 0 unspecified atom stereocenters. The van der Waals surface area contributed by atoms with Crippen LogP contribution in [0.4, 0.5) is 4.79 Å². The van der Waals surface area contributed by atoms with E-state index in [1.807, 2.05) is 6.07 Å². The fraction of sp³-hybridized carbons (Fsp3) is 0.690. The van der Waals surface area contributed by atoms with E-state index < -0.39 is 6.16 Å². The summed E-state index contributed by atoms with van der Waals surface area (Å²) in [6, 6.07) is 10.5. The largest absolute Gasteiger partial charge is 0.508 e. The van der Waals surface area contributed by atoms with Gasteiger partial charge in [-0.05, 0) is 44.3 Å². The van der Waals surface area contributed by atoms with Crippen molar-refractivity contribution < 1.29 is 14.3 Å². The fourth-order valence-electron chi connectivity index (χ4n) is 4.08. The Morgan fingerprint density at radius 3 is 1.97 bits per heavy atom. The van der Waals surface area contributed by atoms with Gasteiger partial charge in [-0.3, -0.25) is 4.90 Å². The Labute approximate surface area is 210 Å². The topological polar surface area (TPSA) is 42.0 Å². The highest BCUT2D eigenvalue weighted by atomic mass is 16.7. The second-order valence-electron chi connectivity index (χ2n) is 9.03. The van der Waals surface area contributed by atoms with Crippen molar-refractivity contribution in [2.24, 2.45) is 0 Å². The zero-order valence-electron chi connectivity index (χ0n) is 22.0. The molecule has 0 aliphatic rings. The Balaban J connectivity index is 2.50. The summed E-state index contributed by atoms with van der Waals surface area (Å²) in [5.74, 6) is 0. The lowest BCUT2D eigenvalue weighted by Gasteiger charge is -2.26. The maximum atomic E-state index is 12.4. The number of ether oxygens (including phenoxy) is 2. The second-order valence-corrected chi connectivity index (χ2v) is 9.03. The van der Waals surface area contributed by atoms with Gasteiger partial charge in [0.05, 0.1) is 0 Å². The summed E-state index contributed by atoms with van der Waals surface area (Å²) >= 11 is 0. The van der Waals surface area contributed by atoms with E-state index in [0.29, 0.717) is 13.2 Å². The number of carbonyl (C=O) groups excluding carboxylic acids is 1. The molecule has 1 aromatic carbocycles. The summed E-state index contributed by atoms with van der Waals surface area (Å²) in [6.07, 6.45) is 9.83. The van der Waals surface area contributed by atoms with Crippen LogP contribution in [0.1, 0.15) is 83.6 Å². The third-order valence-corrected chi connectivity index (χ3v) is 6.32. The molecule has 0 atom stereocenters. The van der Waals surface area contributed by atoms with E-state index in [4.69, 9.17) is 9.47 Å². The maximum absolute atomic E-state index is 12.4. The Bertz CT molecular complexity index is 580. The van der Waals surface area contributed by atoms with Gasteiger partial charge >= 0.3 is 6.16 Å². The number of likely N-dealkylation sites (N-methyl/N-ethyl adjacent to an activating group) is 1.